The van der Waals surface area contributed by atoms with Crippen LogP contribution < -0.4 is 0 Å². The van der Waals surface area contributed by atoms with Gasteiger partial charge in [-0.1, -0.05) is 13.8 Å². The highest BCUT2D eigenvalue weighted by Gasteiger charge is 2.60. The molecule has 4 aliphatic rings. The van der Waals surface area contributed by atoms with Crippen LogP contribution in [-0.2, 0) is 4.79 Å². The molecule has 0 bridgehead atoms. The molecule has 0 heterocycles. The van der Waals surface area contributed by atoms with Crippen LogP contribution in [0.1, 0.15) is 78.6 Å². The van der Waals surface area contributed by atoms with Crippen LogP contribution in [0.3, 0.4) is 0 Å². The van der Waals surface area contributed by atoms with Crippen molar-refractivity contribution in [2.24, 2.45) is 40.4 Å². The van der Waals surface area contributed by atoms with Crippen molar-refractivity contribution in [1.82, 2.24) is 0 Å². The maximum Gasteiger partial charge on any atom is 0.133 e. The number of Topliss-reactive ketones (excluding diaryl/α,β-unsaturated/α-hetero) is 1. The maximum absolute atomic E-state index is 11.9. The molecule has 23 heavy (non-hydrogen) atoms. The fraction of sp³-hybridized carbons (Fsp3) is 0.952. The molecule has 4 saturated carbocycles. The minimum atomic E-state index is -0.152. The normalized spacial score (nSPS) is 54.1. The van der Waals surface area contributed by atoms with E-state index in [9.17, 15) is 9.90 Å². The molecule has 0 aliphatic heterocycles. The standard InChI is InChI=1S/C21H34O2/c1-13(22)17-6-7-18-16-5-4-14-12-15(23)8-10-20(14,2)19(16)9-11-21(17,18)3/h13-14,16-19,22H,4-12H2,1-3H3/t13-,14+,16-,17-,18-,19-,20-,21+/m0/s1. The lowest BCUT2D eigenvalue weighted by molar-refractivity contribution is -0.141. The zero-order valence-corrected chi connectivity index (χ0v) is 15.2. The zero-order chi connectivity index (χ0) is 16.4. The number of carbonyl (C=O) groups excluding carboxylic acids is 1. The average molecular weight is 319 g/mol. The van der Waals surface area contributed by atoms with Crippen molar-refractivity contribution in [2.75, 3.05) is 0 Å². The van der Waals surface area contributed by atoms with Crippen LogP contribution in [0.15, 0.2) is 0 Å². The van der Waals surface area contributed by atoms with Gasteiger partial charge >= 0.3 is 0 Å². The minimum Gasteiger partial charge on any atom is -0.393 e. The van der Waals surface area contributed by atoms with Crippen LogP contribution >= 0.6 is 0 Å². The van der Waals surface area contributed by atoms with Gasteiger partial charge in [0.25, 0.3) is 0 Å². The van der Waals surface area contributed by atoms with Crippen molar-refractivity contribution in [1.29, 1.82) is 0 Å². The van der Waals surface area contributed by atoms with Crippen molar-refractivity contribution in [3.63, 3.8) is 0 Å². The minimum absolute atomic E-state index is 0.152. The summed E-state index contributed by atoms with van der Waals surface area (Å²) in [5.74, 6) is 4.18. The molecule has 0 unspecified atom stereocenters. The highest BCUT2D eigenvalue weighted by Crippen LogP contribution is 2.67. The molecule has 4 rings (SSSR count). The highest BCUT2D eigenvalue weighted by molar-refractivity contribution is 5.79. The predicted molar refractivity (Wildman–Crippen MR) is 91.9 cm³/mol. The molecule has 2 nitrogen and oxygen atoms in total. The van der Waals surface area contributed by atoms with E-state index in [4.69, 9.17) is 0 Å². The van der Waals surface area contributed by atoms with Gasteiger partial charge in [0.05, 0.1) is 6.10 Å². The monoisotopic (exact) mass is 318 g/mol. The number of carbonyl (C=O) groups is 1. The third kappa shape index (κ3) is 2.19. The average Bonchev–Trinajstić information content (AvgIpc) is 2.85. The molecule has 4 fully saturated rings. The second kappa shape index (κ2) is 5.31. The summed E-state index contributed by atoms with van der Waals surface area (Å²) in [7, 11) is 0. The van der Waals surface area contributed by atoms with Gasteiger partial charge in [-0.15, -0.1) is 0 Å². The van der Waals surface area contributed by atoms with E-state index in [1.165, 1.54) is 38.5 Å². The molecular weight excluding hydrogens is 284 g/mol. The van der Waals surface area contributed by atoms with Gasteiger partial charge in [-0.2, -0.15) is 0 Å². The SMILES string of the molecule is C[C@H](O)[C@@H]1CC[C@H]2[C@@H]3CC[C@@H]4CC(=O)CC[C@]4(C)[C@H]3CC[C@@]21C. The Morgan fingerprint density at radius 2 is 1.74 bits per heavy atom. The largest absolute Gasteiger partial charge is 0.393 e. The predicted octanol–water partition coefficient (Wildman–Crippen LogP) is 4.60. The quantitative estimate of drug-likeness (QED) is 0.767. The second-order valence-electron chi connectivity index (χ2n) is 9.87. The summed E-state index contributed by atoms with van der Waals surface area (Å²) in [5.41, 5.74) is 0.782. The fourth-order valence-electron chi connectivity index (χ4n) is 7.88. The van der Waals surface area contributed by atoms with Gasteiger partial charge in [-0.25, -0.2) is 0 Å². The molecule has 4 aliphatic carbocycles. The number of rotatable bonds is 1. The van der Waals surface area contributed by atoms with Crippen molar-refractivity contribution >= 4 is 5.78 Å². The summed E-state index contributed by atoms with van der Waals surface area (Å²) in [6.45, 7) is 7.01. The first kappa shape index (κ1) is 16.1. The van der Waals surface area contributed by atoms with E-state index >= 15 is 0 Å². The van der Waals surface area contributed by atoms with Crippen LogP contribution in [0.4, 0.5) is 0 Å². The molecule has 8 atom stereocenters. The summed E-state index contributed by atoms with van der Waals surface area (Å²) < 4.78 is 0. The molecule has 0 aromatic rings. The van der Waals surface area contributed by atoms with Gasteiger partial charge in [-0.05, 0) is 92.3 Å². The van der Waals surface area contributed by atoms with Gasteiger partial charge in [-0.3, -0.25) is 4.79 Å². The lowest BCUT2D eigenvalue weighted by Crippen LogP contribution is -2.54. The molecular formula is C21H34O2. The lowest BCUT2D eigenvalue weighted by atomic mass is 9.44. The first-order valence-corrected chi connectivity index (χ1v) is 10.1. The third-order valence-electron chi connectivity index (χ3n) is 9.14. The van der Waals surface area contributed by atoms with Gasteiger partial charge < -0.3 is 5.11 Å². The first-order chi connectivity index (χ1) is 10.9. The van der Waals surface area contributed by atoms with Crippen molar-refractivity contribution in [3.05, 3.63) is 0 Å². The Labute approximate surface area is 141 Å². The zero-order valence-electron chi connectivity index (χ0n) is 15.2. The van der Waals surface area contributed by atoms with Gasteiger partial charge in [0, 0.05) is 12.8 Å². The second-order valence-corrected chi connectivity index (χ2v) is 9.87. The van der Waals surface area contributed by atoms with Gasteiger partial charge in [0.2, 0.25) is 0 Å². The Morgan fingerprint density at radius 3 is 2.48 bits per heavy atom. The Balaban J connectivity index is 1.61. The Bertz CT molecular complexity index is 498. The van der Waals surface area contributed by atoms with E-state index in [0.717, 1.165) is 37.0 Å². The molecule has 0 radical (unpaired) electrons. The molecule has 0 saturated heterocycles. The van der Waals surface area contributed by atoms with E-state index in [1.54, 1.807) is 0 Å². The van der Waals surface area contributed by atoms with E-state index < -0.39 is 0 Å². The van der Waals surface area contributed by atoms with Crippen molar-refractivity contribution in [2.45, 2.75) is 84.7 Å². The number of hydrogen-bond donors (Lipinski definition) is 1. The molecule has 0 aromatic carbocycles. The number of fused-ring (bicyclic) bond motifs is 5. The molecule has 130 valence electrons. The third-order valence-corrected chi connectivity index (χ3v) is 9.14. The van der Waals surface area contributed by atoms with Gasteiger partial charge in [0.15, 0.2) is 0 Å². The van der Waals surface area contributed by atoms with Crippen LogP contribution in [0.2, 0.25) is 0 Å². The first-order valence-electron chi connectivity index (χ1n) is 10.1. The van der Waals surface area contributed by atoms with Crippen LogP contribution in [0, 0.1) is 40.4 Å². The van der Waals surface area contributed by atoms with E-state index in [-0.39, 0.29) is 6.10 Å². The lowest BCUT2D eigenvalue weighted by Gasteiger charge is -2.60. The summed E-state index contributed by atoms with van der Waals surface area (Å²) >= 11 is 0. The highest BCUT2D eigenvalue weighted by atomic mass is 16.3. The molecule has 0 amide bonds. The van der Waals surface area contributed by atoms with Crippen LogP contribution in [-0.4, -0.2) is 17.0 Å². The molecule has 1 N–H and O–H groups in total. The summed E-state index contributed by atoms with van der Waals surface area (Å²) in [6.07, 6.45) is 10.5. The molecule has 0 aromatic heterocycles. The topological polar surface area (TPSA) is 37.3 Å². The van der Waals surface area contributed by atoms with E-state index in [1.807, 2.05) is 6.92 Å². The Kier molecular flexibility index (Phi) is 3.72. The maximum atomic E-state index is 11.9. The molecule has 2 heteroatoms. The smallest absolute Gasteiger partial charge is 0.133 e. The number of hydrogen-bond acceptors (Lipinski definition) is 2. The number of ketones is 1. The van der Waals surface area contributed by atoms with Crippen molar-refractivity contribution in [3.8, 4) is 0 Å². The summed E-state index contributed by atoms with van der Waals surface area (Å²) in [4.78, 5) is 11.9. The van der Waals surface area contributed by atoms with Crippen LogP contribution in [0.25, 0.3) is 0 Å². The van der Waals surface area contributed by atoms with E-state index in [2.05, 4.69) is 13.8 Å². The number of aliphatic hydroxyl groups excluding tert-OH is 1. The Hall–Kier alpha value is -0.370. The summed E-state index contributed by atoms with van der Waals surface area (Å²) in [6, 6.07) is 0. The molecule has 0 spiro atoms. The van der Waals surface area contributed by atoms with E-state index in [0.29, 0.717) is 28.4 Å². The Morgan fingerprint density at radius 1 is 1.00 bits per heavy atom. The number of aliphatic hydroxyl groups is 1. The van der Waals surface area contributed by atoms with Gasteiger partial charge in [0.1, 0.15) is 5.78 Å². The van der Waals surface area contributed by atoms with Crippen molar-refractivity contribution < 1.29 is 9.90 Å². The summed E-state index contributed by atoms with van der Waals surface area (Å²) in [5, 5.41) is 10.3. The fourth-order valence-corrected chi connectivity index (χ4v) is 7.88. The van der Waals surface area contributed by atoms with Crippen LogP contribution in [0.5, 0.6) is 0 Å².